The number of hydrogen-bond acceptors (Lipinski definition) is 7. The van der Waals surface area contributed by atoms with Gasteiger partial charge in [-0.3, -0.25) is 4.79 Å². The molecule has 9 heteroatoms. The molecule has 0 spiro atoms. The van der Waals surface area contributed by atoms with Gasteiger partial charge in [-0.05, 0) is 26.0 Å². The van der Waals surface area contributed by atoms with Gasteiger partial charge in [0.15, 0.2) is 11.6 Å². The van der Waals surface area contributed by atoms with Gasteiger partial charge in [0.05, 0.1) is 12.7 Å². The second-order valence-corrected chi connectivity index (χ2v) is 5.60. The third-order valence-corrected chi connectivity index (χ3v) is 3.23. The van der Waals surface area contributed by atoms with Gasteiger partial charge in [-0.25, -0.2) is 14.4 Å². The average Bonchev–Trinajstić information content (AvgIpc) is 2.53. The number of nitrogens with one attached hydrogen (secondary N) is 2. The minimum atomic E-state index is -0.801. The molecule has 0 saturated carbocycles. The van der Waals surface area contributed by atoms with E-state index < -0.39 is 11.7 Å². The first-order valence-corrected chi connectivity index (χ1v) is 7.59. The molecule has 8 nitrogen and oxygen atoms in total. The number of halogens is 1. The average molecular weight is 348 g/mol. The second kappa shape index (κ2) is 7.75. The molecular formula is C16H21FN6O2. The molecular weight excluding hydrogens is 327 g/mol. The van der Waals surface area contributed by atoms with Crippen LogP contribution in [0.4, 0.5) is 21.7 Å². The Kier molecular flexibility index (Phi) is 5.71. The monoisotopic (exact) mass is 348 g/mol. The number of carbonyl (C=O) groups excluding carboxylic acids is 1. The standard InChI is InChI=1S/C16H21FN6O2/c1-8(18)7-20-16-12(17)6-11(14(19)24)15(23-16)22-10-4-9(2)21-13(5-10)25-3/h4-6,8H,7,18H2,1-3H3,(H2,19,24)(H2,20,21,22,23)/t8-/m0/s1. The molecule has 25 heavy (non-hydrogen) atoms. The van der Waals surface area contributed by atoms with Crippen molar-refractivity contribution < 1.29 is 13.9 Å². The maximum atomic E-state index is 14.1. The van der Waals surface area contributed by atoms with Crippen LogP contribution in [0.5, 0.6) is 5.88 Å². The Labute approximate surface area is 144 Å². The van der Waals surface area contributed by atoms with Crippen molar-refractivity contribution in [3.8, 4) is 5.88 Å². The van der Waals surface area contributed by atoms with Crippen molar-refractivity contribution in [2.45, 2.75) is 19.9 Å². The van der Waals surface area contributed by atoms with Crippen molar-refractivity contribution in [3.05, 3.63) is 35.3 Å². The van der Waals surface area contributed by atoms with Gasteiger partial charge >= 0.3 is 0 Å². The van der Waals surface area contributed by atoms with Gasteiger partial charge in [-0.1, -0.05) is 0 Å². The highest BCUT2D eigenvalue weighted by molar-refractivity contribution is 5.98. The Morgan fingerprint density at radius 2 is 2.04 bits per heavy atom. The van der Waals surface area contributed by atoms with Crippen LogP contribution in [0.3, 0.4) is 0 Å². The van der Waals surface area contributed by atoms with E-state index >= 15 is 0 Å². The lowest BCUT2D eigenvalue weighted by atomic mass is 10.2. The van der Waals surface area contributed by atoms with Crippen molar-refractivity contribution in [1.82, 2.24) is 9.97 Å². The number of amides is 1. The first-order chi connectivity index (χ1) is 11.8. The van der Waals surface area contributed by atoms with Crippen LogP contribution in [0.25, 0.3) is 0 Å². The highest BCUT2D eigenvalue weighted by Crippen LogP contribution is 2.25. The Balaban J connectivity index is 2.41. The molecule has 2 aromatic rings. The van der Waals surface area contributed by atoms with E-state index in [4.69, 9.17) is 16.2 Å². The van der Waals surface area contributed by atoms with E-state index in [1.807, 2.05) is 0 Å². The van der Waals surface area contributed by atoms with Crippen molar-refractivity contribution in [1.29, 1.82) is 0 Å². The van der Waals surface area contributed by atoms with Crippen molar-refractivity contribution in [2.75, 3.05) is 24.3 Å². The minimum absolute atomic E-state index is 0.0254. The number of ether oxygens (including phenoxy) is 1. The second-order valence-electron chi connectivity index (χ2n) is 5.60. The van der Waals surface area contributed by atoms with Gasteiger partial charge in [0.25, 0.3) is 5.91 Å². The largest absolute Gasteiger partial charge is 0.481 e. The first kappa shape index (κ1) is 18.4. The molecule has 0 saturated heterocycles. The molecule has 0 fully saturated rings. The summed E-state index contributed by atoms with van der Waals surface area (Å²) in [6.07, 6.45) is 0. The third kappa shape index (κ3) is 4.77. The first-order valence-electron chi connectivity index (χ1n) is 7.59. The number of aryl methyl sites for hydroxylation is 1. The number of nitrogens with two attached hydrogens (primary N) is 2. The van der Waals surface area contributed by atoms with Crippen LogP contribution in [0.1, 0.15) is 23.0 Å². The molecule has 6 N–H and O–H groups in total. The topological polar surface area (TPSA) is 128 Å². The molecule has 0 aliphatic carbocycles. The number of pyridine rings is 2. The molecule has 2 heterocycles. The molecule has 1 atom stereocenters. The zero-order valence-electron chi connectivity index (χ0n) is 14.3. The van der Waals surface area contributed by atoms with Crippen molar-refractivity contribution in [3.63, 3.8) is 0 Å². The number of aromatic nitrogens is 2. The highest BCUT2D eigenvalue weighted by Gasteiger charge is 2.16. The number of anilines is 3. The van der Waals surface area contributed by atoms with E-state index in [9.17, 15) is 9.18 Å². The van der Waals surface area contributed by atoms with E-state index in [1.165, 1.54) is 7.11 Å². The quantitative estimate of drug-likeness (QED) is 0.597. The van der Waals surface area contributed by atoms with Crippen LogP contribution < -0.4 is 26.8 Å². The number of hydrogen-bond donors (Lipinski definition) is 4. The van der Waals surface area contributed by atoms with Crippen LogP contribution in [-0.4, -0.2) is 35.6 Å². The van der Waals surface area contributed by atoms with E-state index in [2.05, 4.69) is 20.6 Å². The number of primary amides is 1. The molecule has 0 aliphatic rings. The van der Waals surface area contributed by atoms with Gasteiger partial charge in [-0.15, -0.1) is 0 Å². The van der Waals surface area contributed by atoms with Crippen LogP contribution in [-0.2, 0) is 0 Å². The summed E-state index contributed by atoms with van der Waals surface area (Å²) in [6, 6.07) is 4.19. The van der Waals surface area contributed by atoms with Gasteiger partial charge in [0.2, 0.25) is 5.88 Å². The predicted molar refractivity (Wildman–Crippen MR) is 93.7 cm³/mol. The molecule has 134 valence electrons. The zero-order valence-corrected chi connectivity index (χ0v) is 14.3. The number of nitrogens with zero attached hydrogens (tertiary/aromatic N) is 2. The molecule has 2 rings (SSSR count). The molecule has 2 aromatic heterocycles. The summed E-state index contributed by atoms with van der Waals surface area (Å²) in [4.78, 5) is 19.9. The Morgan fingerprint density at radius 3 is 2.64 bits per heavy atom. The van der Waals surface area contributed by atoms with Gasteiger partial charge in [-0.2, -0.15) is 0 Å². The summed E-state index contributed by atoms with van der Waals surface area (Å²) in [5.74, 6) is -1.01. The van der Waals surface area contributed by atoms with E-state index in [0.29, 0.717) is 23.8 Å². The lowest BCUT2D eigenvalue weighted by molar-refractivity contribution is 0.100. The van der Waals surface area contributed by atoms with Crippen LogP contribution in [0, 0.1) is 12.7 Å². The van der Waals surface area contributed by atoms with Crippen molar-refractivity contribution in [2.24, 2.45) is 11.5 Å². The fraction of sp³-hybridized carbons (Fsp3) is 0.312. The SMILES string of the molecule is COc1cc(Nc2nc(NC[C@H](C)N)c(F)cc2C(N)=O)cc(C)n1. The highest BCUT2D eigenvalue weighted by atomic mass is 19.1. The van der Waals surface area contributed by atoms with Gasteiger partial charge < -0.3 is 26.8 Å². The molecule has 0 aliphatic heterocycles. The number of carbonyl (C=O) groups is 1. The lowest BCUT2D eigenvalue weighted by Crippen LogP contribution is -2.26. The summed E-state index contributed by atoms with van der Waals surface area (Å²) in [7, 11) is 1.49. The normalized spacial score (nSPS) is 11.7. The fourth-order valence-corrected chi connectivity index (χ4v) is 2.11. The molecule has 0 unspecified atom stereocenters. The summed E-state index contributed by atoms with van der Waals surface area (Å²) >= 11 is 0. The number of methoxy groups -OCH3 is 1. The van der Waals surface area contributed by atoms with E-state index in [0.717, 1.165) is 6.07 Å². The molecule has 0 aromatic carbocycles. The predicted octanol–water partition coefficient (Wildman–Crippen LogP) is 1.53. The molecule has 1 amide bonds. The summed E-state index contributed by atoms with van der Waals surface area (Å²) in [6.45, 7) is 3.88. The third-order valence-electron chi connectivity index (χ3n) is 3.23. The molecule has 0 radical (unpaired) electrons. The smallest absolute Gasteiger partial charge is 0.252 e. The summed E-state index contributed by atoms with van der Waals surface area (Å²) in [5, 5.41) is 5.75. The Morgan fingerprint density at radius 1 is 1.32 bits per heavy atom. The Hall–Kier alpha value is -2.94. The fourth-order valence-electron chi connectivity index (χ4n) is 2.11. The van der Waals surface area contributed by atoms with Crippen LogP contribution in [0.2, 0.25) is 0 Å². The minimum Gasteiger partial charge on any atom is -0.481 e. The number of rotatable bonds is 7. The van der Waals surface area contributed by atoms with Gasteiger partial charge in [0.1, 0.15) is 5.82 Å². The van der Waals surface area contributed by atoms with E-state index in [-0.39, 0.29) is 23.2 Å². The zero-order chi connectivity index (χ0) is 18.6. The summed E-state index contributed by atoms with van der Waals surface area (Å²) in [5.41, 5.74) is 12.2. The van der Waals surface area contributed by atoms with E-state index in [1.54, 1.807) is 26.0 Å². The Bertz CT molecular complexity index is 781. The lowest BCUT2D eigenvalue weighted by Gasteiger charge is -2.15. The van der Waals surface area contributed by atoms with Crippen LogP contribution in [0.15, 0.2) is 18.2 Å². The van der Waals surface area contributed by atoms with Crippen LogP contribution >= 0.6 is 0 Å². The molecule has 0 bridgehead atoms. The van der Waals surface area contributed by atoms with Gasteiger partial charge in [0, 0.05) is 30.0 Å². The summed E-state index contributed by atoms with van der Waals surface area (Å²) < 4.78 is 19.2. The maximum absolute atomic E-state index is 14.1. The van der Waals surface area contributed by atoms with Crippen molar-refractivity contribution >= 4 is 23.2 Å². The maximum Gasteiger partial charge on any atom is 0.252 e.